The lowest BCUT2D eigenvalue weighted by atomic mass is 10.1. The molecule has 0 saturated heterocycles. The van der Waals surface area contributed by atoms with Crippen molar-refractivity contribution >= 4 is 11.5 Å². The van der Waals surface area contributed by atoms with Gasteiger partial charge in [-0.05, 0) is 32.1 Å². The minimum Gasteiger partial charge on any atom is -0.394 e. The van der Waals surface area contributed by atoms with Crippen LogP contribution in [0.4, 0.5) is 11.5 Å². The van der Waals surface area contributed by atoms with Crippen LogP contribution in [0.5, 0.6) is 0 Å². The van der Waals surface area contributed by atoms with Crippen molar-refractivity contribution in [2.24, 2.45) is 13.0 Å². The molecule has 1 aromatic rings. The molecule has 2 rings (SSSR count). The van der Waals surface area contributed by atoms with Gasteiger partial charge in [0.15, 0.2) is 5.82 Å². The summed E-state index contributed by atoms with van der Waals surface area (Å²) < 4.78 is 1.93. The molecule has 0 aromatic carbocycles. The van der Waals surface area contributed by atoms with Crippen molar-refractivity contribution in [2.45, 2.75) is 46.1 Å². The summed E-state index contributed by atoms with van der Waals surface area (Å²) in [5, 5.41) is 4.42. The van der Waals surface area contributed by atoms with Crippen molar-refractivity contribution in [3.8, 4) is 0 Å². The molecule has 0 unspecified atom stereocenters. The summed E-state index contributed by atoms with van der Waals surface area (Å²) in [6, 6.07) is 0.686. The lowest BCUT2D eigenvalue weighted by molar-refractivity contribution is 0.562. The van der Waals surface area contributed by atoms with Crippen molar-refractivity contribution in [3.63, 3.8) is 0 Å². The average molecular weight is 236 g/mol. The monoisotopic (exact) mass is 236 g/mol. The lowest BCUT2D eigenvalue weighted by Gasteiger charge is -2.25. The van der Waals surface area contributed by atoms with Gasteiger partial charge in [-0.2, -0.15) is 5.10 Å². The van der Waals surface area contributed by atoms with E-state index in [4.69, 9.17) is 5.73 Å². The zero-order valence-electron chi connectivity index (χ0n) is 11.4. The van der Waals surface area contributed by atoms with E-state index in [9.17, 15) is 0 Å². The Labute approximate surface area is 104 Å². The SMILES string of the molecule is Cc1nn(C)c(N(CCC(C)C)C2CC2)c1N. The van der Waals surface area contributed by atoms with E-state index in [1.54, 1.807) is 0 Å². The van der Waals surface area contributed by atoms with Crippen molar-refractivity contribution in [1.29, 1.82) is 0 Å². The molecule has 1 aromatic heterocycles. The van der Waals surface area contributed by atoms with Crippen molar-refractivity contribution < 1.29 is 0 Å². The zero-order valence-corrected chi connectivity index (χ0v) is 11.4. The van der Waals surface area contributed by atoms with E-state index in [0.717, 1.165) is 29.7 Å². The van der Waals surface area contributed by atoms with Crippen molar-refractivity contribution in [2.75, 3.05) is 17.2 Å². The van der Waals surface area contributed by atoms with Crippen LogP contribution in [0.15, 0.2) is 0 Å². The second kappa shape index (κ2) is 4.59. The summed E-state index contributed by atoms with van der Waals surface area (Å²) in [7, 11) is 1.99. The van der Waals surface area contributed by atoms with Gasteiger partial charge in [0.2, 0.25) is 0 Å². The predicted molar refractivity (Wildman–Crippen MR) is 72.2 cm³/mol. The molecule has 1 aliphatic rings. The van der Waals surface area contributed by atoms with Crippen LogP contribution in [-0.4, -0.2) is 22.4 Å². The number of nitrogen functional groups attached to an aromatic ring is 1. The van der Waals surface area contributed by atoms with E-state index in [-0.39, 0.29) is 0 Å². The Morgan fingerprint density at radius 1 is 1.47 bits per heavy atom. The van der Waals surface area contributed by atoms with Gasteiger partial charge in [-0.15, -0.1) is 0 Å². The van der Waals surface area contributed by atoms with Gasteiger partial charge >= 0.3 is 0 Å². The molecular weight excluding hydrogens is 212 g/mol. The van der Waals surface area contributed by atoms with Gasteiger partial charge in [0.25, 0.3) is 0 Å². The number of aryl methyl sites for hydroxylation is 2. The van der Waals surface area contributed by atoms with Crippen molar-refractivity contribution in [3.05, 3.63) is 5.69 Å². The summed E-state index contributed by atoms with van der Waals surface area (Å²) in [5.74, 6) is 1.84. The van der Waals surface area contributed by atoms with Gasteiger partial charge in [0.1, 0.15) is 0 Å². The van der Waals surface area contributed by atoms with Crippen LogP contribution in [0.3, 0.4) is 0 Å². The Kier molecular flexibility index (Phi) is 3.31. The number of nitrogens with zero attached hydrogens (tertiary/aromatic N) is 3. The van der Waals surface area contributed by atoms with Gasteiger partial charge in [-0.1, -0.05) is 13.8 Å². The molecular formula is C13H24N4. The molecule has 0 amide bonds. The van der Waals surface area contributed by atoms with E-state index in [1.807, 2.05) is 18.7 Å². The Bertz CT molecular complexity index is 390. The predicted octanol–water partition coefficient (Wildman–Crippen LogP) is 2.33. The first-order valence-electron chi connectivity index (χ1n) is 6.56. The van der Waals surface area contributed by atoms with Gasteiger partial charge in [-0.3, -0.25) is 4.68 Å². The van der Waals surface area contributed by atoms with Crippen LogP contribution in [0.25, 0.3) is 0 Å². The highest BCUT2D eigenvalue weighted by Crippen LogP contribution is 2.36. The third-order valence-electron chi connectivity index (χ3n) is 3.44. The normalized spacial score (nSPS) is 15.6. The minimum atomic E-state index is 0.686. The largest absolute Gasteiger partial charge is 0.394 e. The van der Waals surface area contributed by atoms with E-state index in [2.05, 4.69) is 23.8 Å². The molecule has 1 fully saturated rings. The second-order valence-corrected chi connectivity index (χ2v) is 5.55. The fraction of sp³-hybridized carbons (Fsp3) is 0.769. The fourth-order valence-electron chi connectivity index (χ4n) is 2.25. The van der Waals surface area contributed by atoms with Crippen molar-refractivity contribution in [1.82, 2.24) is 9.78 Å². The summed E-state index contributed by atoms with van der Waals surface area (Å²) in [6.45, 7) is 7.60. The number of rotatable bonds is 5. The van der Waals surface area contributed by atoms with E-state index >= 15 is 0 Å². The van der Waals surface area contributed by atoms with Crippen LogP contribution in [0, 0.1) is 12.8 Å². The van der Waals surface area contributed by atoms with Crippen LogP contribution in [0.1, 0.15) is 38.8 Å². The number of hydrogen-bond donors (Lipinski definition) is 1. The highest BCUT2D eigenvalue weighted by molar-refractivity contribution is 5.67. The topological polar surface area (TPSA) is 47.1 Å². The van der Waals surface area contributed by atoms with Gasteiger partial charge in [-0.25, -0.2) is 0 Å². The Morgan fingerprint density at radius 3 is 2.53 bits per heavy atom. The van der Waals surface area contributed by atoms with E-state index in [0.29, 0.717) is 6.04 Å². The fourth-order valence-corrected chi connectivity index (χ4v) is 2.25. The Balaban J connectivity index is 2.20. The molecule has 0 aliphatic heterocycles. The van der Waals surface area contributed by atoms with E-state index in [1.165, 1.54) is 19.3 Å². The average Bonchev–Trinajstić information content (AvgIpc) is 3.02. The first-order valence-corrected chi connectivity index (χ1v) is 6.56. The first kappa shape index (κ1) is 12.3. The summed E-state index contributed by atoms with van der Waals surface area (Å²) in [6.07, 6.45) is 3.80. The molecule has 2 N–H and O–H groups in total. The summed E-state index contributed by atoms with van der Waals surface area (Å²) >= 11 is 0. The molecule has 4 heteroatoms. The van der Waals surface area contributed by atoms with E-state index < -0.39 is 0 Å². The molecule has 1 saturated carbocycles. The number of nitrogens with two attached hydrogens (primary N) is 1. The standard InChI is InChI=1S/C13H24N4/c1-9(2)7-8-17(11-5-6-11)13-12(14)10(3)15-16(13)4/h9,11H,5-8,14H2,1-4H3. The van der Waals surface area contributed by atoms with Gasteiger partial charge in [0, 0.05) is 19.6 Å². The number of anilines is 2. The first-order chi connectivity index (χ1) is 8.00. The van der Waals surface area contributed by atoms with Crippen LogP contribution >= 0.6 is 0 Å². The van der Waals surface area contributed by atoms with Crippen LogP contribution in [-0.2, 0) is 7.05 Å². The summed E-state index contributed by atoms with van der Waals surface area (Å²) in [4.78, 5) is 2.45. The molecule has 1 heterocycles. The van der Waals surface area contributed by atoms with Crippen LogP contribution in [0.2, 0.25) is 0 Å². The van der Waals surface area contributed by atoms with Gasteiger partial charge in [0.05, 0.1) is 11.4 Å². The molecule has 0 atom stereocenters. The highest BCUT2D eigenvalue weighted by atomic mass is 15.4. The number of aromatic nitrogens is 2. The molecule has 96 valence electrons. The molecule has 4 nitrogen and oxygen atoms in total. The third-order valence-corrected chi connectivity index (χ3v) is 3.44. The maximum Gasteiger partial charge on any atom is 0.150 e. The second-order valence-electron chi connectivity index (χ2n) is 5.55. The maximum atomic E-state index is 6.15. The highest BCUT2D eigenvalue weighted by Gasteiger charge is 2.32. The minimum absolute atomic E-state index is 0.686. The maximum absolute atomic E-state index is 6.15. The Hall–Kier alpha value is -1.19. The molecule has 1 aliphatic carbocycles. The quantitative estimate of drug-likeness (QED) is 0.853. The lowest BCUT2D eigenvalue weighted by Crippen LogP contribution is -2.30. The molecule has 0 radical (unpaired) electrons. The molecule has 0 spiro atoms. The Morgan fingerprint density at radius 2 is 2.12 bits per heavy atom. The van der Waals surface area contributed by atoms with Crippen LogP contribution < -0.4 is 10.6 Å². The zero-order chi connectivity index (χ0) is 12.6. The number of hydrogen-bond acceptors (Lipinski definition) is 3. The summed E-state index contributed by atoms with van der Waals surface area (Å²) in [5.41, 5.74) is 7.94. The smallest absolute Gasteiger partial charge is 0.150 e. The third kappa shape index (κ3) is 2.56. The molecule has 17 heavy (non-hydrogen) atoms. The van der Waals surface area contributed by atoms with Gasteiger partial charge < -0.3 is 10.6 Å². The molecule has 0 bridgehead atoms.